The van der Waals surface area contributed by atoms with Crippen molar-refractivity contribution in [1.82, 2.24) is 0 Å². The van der Waals surface area contributed by atoms with Crippen LogP contribution in [0.5, 0.6) is 11.5 Å². The molecule has 0 saturated heterocycles. The van der Waals surface area contributed by atoms with E-state index in [1.54, 1.807) is 6.07 Å². The molecule has 1 amide bonds. The number of carbonyl (C=O) groups excluding carboxylic acids is 1. The lowest BCUT2D eigenvalue weighted by Crippen LogP contribution is -2.45. The zero-order valence-corrected chi connectivity index (χ0v) is 19.2. The number of nitrogens with two attached hydrogens (primary N) is 1. The molecule has 32 heavy (non-hydrogen) atoms. The van der Waals surface area contributed by atoms with Crippen molar-refractivity contribution in [1.29, 1.82) is 0 Å². The van der Waals surface area contributed by atoms with Crippen LogP contribution in [-0.2, 0) is 17.5 Å². The molecule has 1 heterocycles. The van der Waals surface area contributed by atoms with E-state index in [1.807, 2.05) is 24.3 Å². The number of benzene rings is 3. The van der Waals surface area contributed by atoms with Crippen molar-refractivity contribution in [3.63, 3.8) is 0 Å². The third-order valence-corrected chi connectivity index (χ3v) is 5.66. The van der Waals surface area contributed by atoms with E-state index in [2.05, 4.69) is 15.9 Å². The van der Waals surface area contributed by atoms with Crippen molar-refractivity contribution in [2.45, 2.75) is 18.8 Å². The summed E-state index contributed by atoms with van der Waals surface area (Å²) >= 11 is 3.43. The maximum Gasteiger partial charge on any atom is 0.420 e. The number of carbonyl (C=O) groups is 1. The van der Waals surface area contributed by atoms with Crippen molar-refractivity contribution in [2.75, 3.05) is 18.6 Å². The van der Waals surface area contributed by atoms with Gasteiger partial charge >= 0.3 is 6.18 Å². The van der Waals surface area contributed by atoms with Crippen LogP contribution in [0.2, 0.25) is 0 Å². The fraction of sp³-hybridized carbons (Fsp3) is 0.227. The zero-order chi connectivity index (χ0) is 22.3. The van der Waals surface area contributed by atoms with Crippen molar-refractivity contribution < 1.29 is 27.4 Å². The Kier molecular flexibility index (Phi) is 6.92. The van der Waals surface area contributed by atoms with Gasteiger partial charge in [0, 0.05) is 10.0 Å². The van der Waals surface area contributed by atoms with Crippen LogP contribution in [0, 0.1) is 0 Å². The molecule has 3 aromatic rings. The molecule has 1 aliphatic heterocycles. The largest absolute Gasteiger partial charge is 0.496 e. The number of hydrogen-bond donors (Lipinski definition) is 1. The molecule has 170 valence electrons. The predicted octanol–water partition coefficient (Wildman–Crippen LogP) is 5.30. The highest BCUT2D eigenvalue weighted by molar-refractivity contribution is 9.10. The monoisotopic (exact) mass is 530 g/mol. The topological polar surface area (TPSA) is 64.8 Å². The van der Waals surface area contributed by atoms with E-state index < -0.39 is 29.4 Å². The number of amides is 1. The molecule has 2 N–H and O–H groups in total. The number of fused-ring (bicyclic) bond motifs is 2. The first-order chi connectivity index (χ1) is 14.7. The summed E-state index contributed by atoms with van der Waals surface area (Å²) in [7, 11) is 1.50. The standard InChI is InChI=1S/C22H18BrF3N2O3.ClH/c1-30-19-8-5-12-9-13(23)6-7-14(12)15(19)10-28-18-4-2-3-16(22(24,25)26)20(18)31-11-17(27)21(28)29;/h2-9,17H,10-11,27H2,1H3;1H. The molecule has 0 spiro atoms. The highest BCUT2D eigenvalue weighted by Crippen LogP contribution is 2.44. The fourth-order valence-electron chi connectivity index (χ4n) is 3.70. The molecule has 0 aromatic heterocycles. The van der Waals surface area contributed by atoms with Crippen LogP contribution in [0.15, 0.2) is 53.0 Å². The Balaban J connectivity index is 0.00000289. The highest BCUT2D eigenvalue weighted by Gasteiger charge is 2.39. The Morgan fingerprint density at radius 3 is 2.66 bits per heavy atom. The summed E-state index contributed by atoms with van der Waals surface area (Å²) in [5.41, 5.74) is 5.64. The van der Waals surface area contributed by atoms with E-state index in [9.17, 15) is 18.0 Å². The number of halogens is 5. The van der Waals surface area contributed by atoms with Gasteiger partial charge in [-0.3, -0.25) is 4.79 Å². The summed E-state index contributed by atoms with van der Waals surface area (Å²) in [6, 6.07) is 11.7. The minimum Gasteiger partial charge on any atom is -0.496 e. The molecule has 0 radical (unpaired) electrons. The number of alkyl halides is 3. The lowest BCUT2D eigenvalue weighted by atomic mass is 10.0. The van der Waals surface area contributed by atoms with Crippen LogP contribution in [0.3, 0.4) is 0 Å². The number of rotatable bonds is 3. The van der Waals surface area contributed by atoms with Crippen LogP contribution in [0.25, 0.3) is 10.8 Å². The van der Waals surface area contributed by atoms with E-state index in [0.717, 1.165) is 21.3 Å². The molecule has 3 aromatic carbocycles. The first-order valence-corrected chi connectivity index (χ1v) is 10.1. The van der Waals surface area contributed by atoms with E-state index in [4.69, 9.17) is 15.2 Å². The van der Waals surface area contributed by atoms with Gasteiger partial charge in [0.25, 0.3) is 0 Å². The second-order valence-electron chi connectivity index (χ2n) is 7.11. The van der Waals surface area contributed by atoms with Crippen molar-refractivity contribution in [3.8, 4) is 11.5 Å². The maximum atomic E-state index is 13.6. The third-order valence-electron chi connectivity index (χ3n) is 5.17. The summed E-state index contributed by atoms with van der Waals surface area (Å²) < 4.78 is 52.5. The van der Waals surface area contributed by atoms with Gasteiger partial charge in [-0.15, -0.1) is 12.4 Å². The van der Waals surface area contributed by atoms with Gasteiger partial charge in [0.1, 0.15) is 18.4 Å². The Bertz CT molecular complexity index is 1170. The molecule has 0 bridgehead atoms. The molecular formula is C22H19BrClF3N2O3. The van der Waals surface area contributed by atoms with E-state index >= 15 is 0 Å². The number of hydrogen-bond acceptors (Lipinski definition) is 4. The van der Waals surface area contributed by atoms with E-state index in [1.165, 1.54) is 24.1 Å². The van der Waals surface area contributed by atoms with Gasteiger partial charge in [0.05, 0.1) is 24.9 Å². The zero-order valence-electron chi connectivity index (χ0n) is 16.8. The Hall–Kier alpha value is -2.49. The van der Waals surface area contributed by atoms with E-state index in [0.29, 0.717) is 11.3 Å². The first-order valence-electron chi connectivity index (χ1n) is 9.36. The Morgan fingerprint density at radius 2 is 1.97 bits per heavy atom. The van der Waals surface area contributed by atoms with Crippen LogP contribution in [0.1, 0.15) is 11.1 Å². The molecule has 10 heteroatoms. The maximum absolute atomic E-state index is 13.6. The lowest BCUT2D eigenvalue weighted by molar-refractivity contribution is -0.138. The van der Waals surface area contributed by atoms with Crippen molar-refractivity contribution in [2.24, 2.45) is 5.73 Å². The predicted molar refractivity (Wildman–Crippen MR) is 122 cm³/mol. The number of nitrogens with zero attached hydrogens (tertiary/aromatic N) is 1. The van der Waals surface area contributed by atoms with Gasteiger partial charge in [-0.2, -0.15) is 13.2 Å². The normalized spacial score (nSPS) is 16.1. The third kappa shape index (κ3) is 4.37. The van der Waals surface area contributed by atoms with Gasteiger partial charge < -0.3 is 20.1 Å². The average molecular weight is 532 g/mol. The Morgan fingerprint density at radius 1 is 1.22 bits per heavy atom. The molecule has 0 fully saturated rings. The fourth-order valence-corrected chi connectivity index (χ4v) is 4.07. The number of para-hydroxylation sites is 1. The minimum atomic E-state index is -4.64. The summed E-state index contributed by atoms with van der Waals surface area (Å²) in [4.78, 5) is 14.3. The molecule has 0 aliphatic carbocycles. The second-order valence-corrected chi connectivity index (χ2v) is 8.02. The van der Waals surface area contributed by atoms with Crippen molar-refractivity contribution >= 4 is 50.7 Å². The molecule has 1 atom stereocenters. The van der Waals surface area contributed by atoms with Gasteiger partial charge in [-0.1, -0.05) is 34.1 Å². The molecule has 1 aliphatic rings. The number of ether oxygens (including phenoxy) is 2. The SMILES string of the molecule is COc1ccc2cc(Br)ccc2c1CN1C(=O)C(N)COc2c1cccc2C(F)(F)F.Cl. The highest BCUT2D eigenvalue weighted by atomic mass is 79.9. The van der Waals surface area contributed by atoms with Crippen molar-refractivity contribution in [3.05, 3.63) is 64.1 Å². The van der Waals surface area contributed by atoms with Crippen LogP contribution >= 0.6 is 28.3 Å². The summed E-state index contributed by atoms with van der Waals surface area (Å²) in [5.74, 6) is -0.428. The van der Waals surface area contributed by atoms with Gasteiger partial charge in [-0.25, -0.2) is 0 Å². The van der Waals surface area contributed by atoms with Crippen LogP contribution in [0.4, 0.5) is 18.9 Å². The van der Waals surface area contributed by atoms with Crippen LogP contribution < -0.4 is 20.1 Å². The molecule has 4 rings (SSSR count). The number of anilines is 1. The van der Waals surface area contributed by atoms with Gasteiger partial charge in [-0.05, 0) is 41.1 Å². The van der Waals surface area contributed by atoms with Gasteiger partial charge in [0.15, 0.2) is 5.75 Å². The Labute approximate surface area is 196 Å². The quantitative estimate of drug-likeness (QED) is 0.498. The smallest absolute Gasteiger partial charge is 0.420 e. The van der Waals surface area contributed by atoms with Crippen LogP contribution in [-0.4, -0.2) is 25.7 Å². The molecule has 0 saturated carbocycles. The van der Waals surface area contributed by atoms with Gasteiger partial charge in [0.2, 0.25) is 5.91 Å². The summed E-state index contributed by atoms with van der Waals surface area (Å²) in [6.45, 7) is -0.388. The average Bonchev–Trinajstić information content (AvgIpc) is 2.85. The lowest BCUT2D eigenvalue weighted by Gasteiger charge is -2.26. The second kappa shape index (κ2) is 9.17. The first kappa shape index (κ1) is 24.2. The molecule has 5 nitrogen and oxygen atoms in total. The summed E-state index contributed by atoms with van der Waals surface area (Å²) in [6.07, 6.45) is -4.64. The minimum absolute atomic E-state index is 0. The number of methoxy groups -OCH3 is 1. The summed E-state index contributed by atoms with van der Waals surface area (Å²) in [5, 5.41) is 1.69. The molecule has 1 unspecified atom stereocenters. The van der Waals surface area contributed by atoms with E-state index in [-0.39, 0.29) is 31.2 Å². The molecular weight excluding hydrogens is 513 g/mol.